The zero-order valence-electron chi connectivity index (χ0n) is 11.0. The molecule has 0 amide bonds. The SMILES string of the molecule is Cc1cccc(CN2CCOC[C@H]2c2ccn[nH]2)n1. The van der Waals surface area contributed by atoms with Gasteiger partial charge in [-0.05, 0) is 25.1 Å². The molecule has 19 heavy (non-hydrogen) atoms. The van der Waals surface area contributed by atoms with Gasteiger partial charge in [0, 0.05) is 25.0 Å². The Kier molecular flexibility index (Phi) is 3.57. The molecule has 1 fully saturated rings. The number of aromatic amines is 1. The lowest BCUT2D eigenvalue weighted by Gasteiger charge is -2.34. The minimum Gasteiger partial charge on any atom is -0.378 e. The quantitative estimate of drug-likeness (QED) is 0.910. The number of aromatic nitrogens is 3. The Hall–Kier alpha value is -1.72. The summed E-state index contributed by atoms with van der Waals surface area (Å²) in [5.74, 6) is 0. The molecule has 0 spiro atoms. The third-order valence-corrected chi connectivity index (χ3v) is 3.43. The molecule has 5 heteroatoms. The van der Waals surface area contributed by atoms with Crippen molar-refractivity contribution in [2.75, 3.05) is 19.8 Å². The molecule has 0 aliphatic carbocycles. The summed E-state index contributed by atoms with van der Waals surface area (Å²) in [7, 11) is 0. The largest absolute Gasteiger partial charge is 0.378 e. The van der Waals surface area contributed by atoms with Crippen LogP contribution < -0.4 is 0 Å². The Morgan fingerprint density at radius 1 is 1.42 bits per heavy atom. The van der Waals surface area contributed by atoms with Crippen molar-refractivity contribution in [2.45, 2.75) is 19.5 Å². The van der Waals surface area contributed by atoms with Crippen LogP contribution in [0.1, 0.15) is 23.1 Å². The minimum absolute atomic E-state index is 0.235. The summed E-state index contributed by atoms with van der Waals surface area (Å²) >= 11 is 0. The first-order chi connectivity index (χ1) is 9.33. The highest BCUT2D eigenvalue weighted by atomic mass is 16.5. The van der Waals surface area contributed by atoms with Crippen molar-refractivity contribution in [1.29, 1.82) is 0 Å². The number of hydrogen-bond acceptors (Lipinski definition) is 4. The molecule has 1 atom stereocenters. The summed E-state index contributed by atoms with van der Waals surface area (Å²) in [6.07, 6.45) is 1.78. The molecule has 3 heterocycles. The smallest absolute Gasteiger partial charge is 0.0756 e. The Labute approximate surface area is 112 Å². The Bertz CT molecular complexity index is 526. The van der Waals surface area contributed by atoms with Gasteiger partial charge in [0.05, 0.1) is 30.6 Å². The van der Waals surface area contributed by atoms with Crippen LogP contribution in [0.15, 0.2) is 30.5 Å². The fourth-order valence-electron chi connectivity index (χ4n) is 2.46. The number of morpholine rings is 1. The summed E-state index contributed by atoms with van der Waals surface area (Å²) < 4.78 is 5.59. The Morgan fingerprint density at radius 3 is 3.16 bits per heavy atom. The molecule has 2 aromatic rings. The predicted octanol–water partition coefficient (Wildman–Crippen LogP) is 1.69. The van der Waals surface area contributed by atoms with E-state index in [0.717, 1.165) is 36.8 Å². The first-order valence-electron chi connectivity index (χ1n) is 6.56. The predicted molar refractivity (Wildman–Crippen MR) is 71.5 cm³/mol. The van der Waals surface area contributed by atoms with E-state index in [1.165, 1.54) is 0 Å². The van der Waals surface area contributed by atoms with E-state index in [-0.39, 0.29) is 6.04 Å². The van der Waals surface area contributed by atoms with E-state index in [2.05, 4.69) is 32.2 Å². The molecule has 1 saturated heterocycles. The molecule has 0 saturated carbocycles. The van der Waals surface area contributed by atoms with Gasteiger partial charge in [0.25, 0.3) is 0 Å². The number of H-pyrrole nitrogens is 1. The lowest BCUT2D eigenvalue weighted by molar-refractivity contribution is -0.0148. The molecule has 0 radical (unpaired) electrons. The van der Waals surface area contributed by atoms with Crippen LogP contribution in [0.3, 0.4) is 0 Å². The van der Waals surface area contributed by atoms with Crippen molar-refractivity contribution in [3.63, 3.8) is 0 Å². The van der Waals surface area contributed by atoms with Gasteiger partial charge in [-0.15, -0.1) is 0 Å². The third kappa shape index (κ3) is 2.83. The lowest BCUT2D eigenvalue weighted by atomic mass is 10.1. The van der Waals surface area contributed by atoms with Crippen LogP contribution in [0.25, 0.3) is 0 Å². The van der Waals surface area contributed by atoms with Crippen LogP contribution in [-0.2, 0) is 11.3 Å². The van der Waals surface area contributed by atoms with E-state index in [9.17, 15) is 0 Å². The van der Waals surface area contributed by atoms with Crippen molar-refractivity contribution in [1.82, 2.24) is 20.1 Å². The molecule has 0 bridgehead atoms. The molecule has 1 aliphatic heterocycles. The van der Waals surface area contributed by atoms with Crippen molar-refractivity contribution < 1.29 is 4.74 Å². The molecule has 0 unspecified atom stereocenters. The number of aryl methyl sites for hydroxylation is 1. The summed E-state index contributed by atoms with van der Waals surface area (Å²) in [6, 6.07) is 8.40. The van der Waals surface area contributed by atoms with E-state index in [1.807, 2.05) is 19.1 Å². The van der Waals surface area contributed by atoms with Gasteiger partial charge in [0.1, 0.15) is 0 Å². The molecular formula is C14H18N4O. The van der Waals surface area contributed by atoms with Gasteiger partial charge in [-0.3, -0.25) is 15.0 Å². The van der Waals surface area contributed by atoms with Gasteiger partial charge in [-0.1, -0.05) is 6.07 Å². The fourth-order valence-corrected chi connectivity index (χ4v) is 2.46. The van der Waals surface area contributed by atoms with E-state index < -0.39 is 0 Å². The lowest BCUT2D eigenvalue weighted by Crippen LogP contribution is -2.39. The van der Waals surface area contributed by atoms with Crippen molar-refractivity contribution in [2.24, 2.45) is 0 Å². The summed E-state index contributed by atoms with van der Waals surface area (Å²) in [5, 5.41) is 7.07. The van der Waals surface area contributed by atoms with Gasteiger partial charge in [0.2, 0.25) is 0 Å². The van der Waals surface area contributed by atoms with E-state index >= 15 is 0 Å². The van der Waals surface area contributed by atoms with Crippen LogP contribution in [0.4, 0.5) is 0 Å². The summed E-state index contributed by atoms with van der Waals surface area (Å²) in [6.45, 7) is 5.26. The zero-order valence-corrected chi connectivity index (χ0v) is 11.0. The molecule has 2 aromatic heterocycles. The first kappa shape index (κ1) is 12.3. The second-order valence-electron chi connectivity index (χ2n) is 4.84. The normalized spacial score (nSPS) is 20.6. The maximum absolute atomic E-state index is 5.59. The molecule has 100 valence electrons. The molecular weight excluding hydrogens is 240 g/mol. The fraction of sp³-hybridized carbons (Fsp3) is 0.429. The number of hydrogen-bond donors (Lipinski definition) is 1. The number of pyridine rings is 1. The molecule has 1 aliphatic rings. The van der Waals surface area contributed by atoms with Crippen LogP contribution in [0.2, 0.25) is 0 Å². The maximum atomic E-state index is 5.59. The Morgan fingerprint density at radius 2 is 2.37 bits per heavy atom. The summed E-state index contributed by atoms with van der Waals surface area (Å²) in [4.78, 5) is 6.96. The zero-order chi connectivity index (χ0) is 13.1. The van der Waals surface area contributed by atoms with Gasteiger partial charge in [-0.25, -0.2) is 0 Å². The van der Waals surface area contributed by atoms with Crippen molar-refractivity contribution >= 4 is 0 Å². The van der Waals surface area contributed by atoms with E-state index in [1.54, 1.807) is 6.20 Å². The number of nitrogens with zero attached hydrogens (tertiary/aromatic N) is 3. The van der Waals surface area contributed by atoms with Crippen molar-refractivity contribution in [3.8, 4) is 0 Å². The molecule has 5 nitrogen and oxygen atoms in total. The Balaban J connectivity index is 1.77. The number of nitrogens with one attached hydrogen (secondary N) is 1. The number of rotatable bonds is 3. The highest BCUT2D eigenvalue weighted by Crippen LogP contribution is 2.23. The average molecular weight is 258 g/mol. The van der Waals surface area contributed by atoms with Crippen LogP contribution in [0.5, 0.6) is 0 Å². The highest BCUT2D eigenvalue weighted by molar-refractivity contribution is 5.12. The highest BCUT2D eigenvalue weighted by Gasteiger charge is 2.25. The topological polar surface area (TPSA) is 54.0 Å². The molecule has 3 rings (SSSR count). The monoisotopic (exact) mass is 258 g/mol. The standard InChI is InChI=1S/C14H18N4O/c1-11-3-2-4-12(16-11)9-18-7-8-19-10-14(18)13-5-6-15-17-13/h2-6,14H,7-10H2,1H3,(H,15,17)/t14-/m0/s1. The second-order valence-corrected chi connectivity index (χ2v) is 4.84. The average Bonchev–Trinajstić information content (AvgIpc) is 2.93. The molecule has 0 aromatic carbocycles. The van der Waals surface area contributed by atoms with Gasteiger partial charge in [-0.2, -0.15) is 5.10 Å². The van der Waals surface area contributed by atoms with E-state index in [0.29, 0.717) is 6.61 Å². The van der Waals surface area contributed by atoms with Crippen LogP contribution >= 0.6 is 0 Å². The van der Waals surface area contributed by atoms with Gasteiger partial charge >= 0.3 is 0 Å². The second kappa shape index (κ2) is 5.50. The van der Waals surface area contributed by atoms with E-state index in [4.69, 9.17) is 4.74 Å². The van der Waals surface area contributed by atoms with Gasteiger partial charge < -0.3 is 4.74 Å². The minimum atomic E-state index is 0.235. The molecule has 1 N–H and O–H groups in total. The van der Waals surface area contributed by atoms with Gasteiger partial charge in [0.15, 0.2) is 0 Å². The van der Waals surface area contributed by atoms with Crippen LogP contribution in [0, 0.1) is 6.92 Å². The maximum Gasteiger partial charge on any atom is 0.0756 e. The summed E-state index contributed by atoms with van der Waals surface area (Å²) in [5.41, 5.74) is 3.27. The number of ether oxygens (including phenoxy) is 1. The third-order valence-electron chi connectivity index (χ3n) is 3.43. The first-order valence-corrected chi connectivity index (χ1v) is 6.56. The van der Waals surface area contributed by atoms with Crippen LogP contribution in [-0.4, -0.2) is 39.8 Å². The van der Waals surface area contributed by atoms with Crippen molar-refractivity contribution in [3.05, 3.63) is 47.5 Å².